The number of amides is 1. The molecule has 8 heteroatoms. The molecule has 3 aromatic rings. The second-order valence-corrected chi connectivity index (χ2v) is 7.48. The van der Waals surface area contributed by atoms with Crippen molar-refractivity contribution in [1.82, 2.24) is 10.3 Å². The Morgan fingerprint density at radius 3 is 2.35 bits per heavy atom. The Morgan fingerprint density at radius 1 is 1.06 bits per heavy atom. The summed E-state index contributed by atoms with van der Waals surface area (Å²) in [5.41, 5.74) is 1.35. The summed E-state index contributed by atoms with van der Waals surface area (Å²) in [6.45, 7) is 8.16. The Kier molecular flexibility index (Phi) is 9.59. The van der Waals surface area contributed by atoms with Crippen molar-refractivity contribution in [2.45, 2.75) is 52.8 Å². The van der Waals surface area contributed by atoms with E-state index in [4.69, 9.17) is 0 Å². The zero-order chi connectivity index (χ0) is 25.3. The van der Waals surface area contributed by atoms with Crippen LogP contribution in [0.4, 0.5) is 29.1 Å². The van der Waals surface area contributed by atoms with Crippen molar-refractivity contribution in [1.29, 1.82) is 0 Å². The highest BCUT2D eigenvalue weighted by atomic mass is 19.4. The van der Waals surface area contributed by atoms with E-state index in [-0.39, 0.29) is 29.9 Å². The van der Waals surface area contributed by atoms with E-state index in [1.807, 2.05) is 27.7 Å². The third-order valence-electron chi connectivity index (χ3n) is 5.15. The number of halogens is 4. The van der Waals surface area contributed by atoms with Gasteiger partial charge in [-0.15, -0.1) is 0 Å². The summed E-state index contributed by atoms with van der Waals surface area (Å²) in [6.07, 6.45) is -2.28. The topological polar surface area (TPSA) is 54.0 Å². The van der Waals surface area contributed by atoms with Crippen LogP contribution < -0.4 is 10.6 Å². The molecular formula is C26H29F4N3O. The summed E-state index contributed by atoms with van der Waals surface area (Å²) in [7, 11) is 0. The molecule has 1 atom stereocenters. The lowest BCUT2D eigenvalue weighted by Crippen LogP contribution is -2.24. The molecular weight excluding hydrogens is 446 g/mol. The molecule has 0 saturated carbocycles. The van der Waals surface area contributed by atoms with Crippen molar-refractivity contribution in [3.8, 4) is 0 Å². The Morgan fingerprint density at radius 2 is 1.74 bits per heavy atom. The number of rotatable bonds is 7. The molecule has 3 rings (SSSR count). The van der Waals surface area contributed by atoms with Crippen LogP contribution in [0.2, 0.25) is 0 Å². The van der Waals surface area contributed by atoms with Gasteiger partial charge in [-0.25, -0.2) is 9.37 Å². The molecule has 4 nitrogen and oxygen atoms in total. The molecule has 34 heavy (non-hydrogen) atoms. The Bertz CT molecular complexity index is 1080. The number of nitrogens with zero attached hydrogens (tertiary/aromatic N) is 1. The average Bonchev–Trinajstić information content (AvgIpc) is 2.84. The summed E-state index contributed by atoms with van der Waals surface area (Å²) in [4.78, 5) is 17.0. The second-order valence-electron chi connectivity index (χ2n) is 7.48. The summed E-state index contributed by atoms with van der Waals surface area (Å²) in [5.74, 6) is -0.323. The van der Waals surface area contributed by atoms with Crippen LogP contribution in [0.15, 0.2) is 60.8 Å². The van der Waals surface area contributed by atoms with Gasteiger partial charge in [0.1, 0.15) is 11.6 Å². The minimum Gasteiger partial charge on any atom is -0.348 e. The number of benzene rings is 2. The second kappa shape index (κ2) is 12.2. The van der Waals surface area contributed by atoms with Gasteiger partial charge in [0.15, 0.2) is 0 Å². The molecule has 0 aliphatic carbocycles. The van der Waals surface area contributed by atoms with Crippen LogP contribution in [-0.2, 0) is 12.7 Å². The van der Waals surface area contributed by atoms with Gasteiger partial charge in [0, 0.05) is 18.4 Å². The first-order valence-corrected chi connectivity index (χ1v) is 11.1. The molecule has 0 fully saturated rings. The maximum atomic E-state index is 13.0. The number of anilines is 2. The van der Waals surface area contributed by atoms with E-state index in [2.05, 4.69) is 15.6 Å². The van der Waals surface area contributed by atoms with Crippen molar-refractivity contribution in [2.24, 2.45) is 0 Å². The van der Waals surface area contributed by atoms with E-state index in [0.29, 0.717) is 11.4 Å². The smallest absolute Gasteiger partial charge is 0.348 e. The fourth-order valence-corrected chi connectivity index (χ4v) is 3.16. The third-order valence-corrected chi connectivity index (χ3v) is 5.15. The molecule has 0 radical (unpaired) electrons. The molecule has 0 saturated heterocycles. The fourth-order valence-electron chi connectivity index (χ4n) is 3.16. The molecule has 1 amide bonds. The van der Waals surface area contributed by atoms with Gasteiger partial charge in [-0.3, -0.25) is 4.79 Å². The lowest BCUT2D eigenvalue weighted by atomic mass is 9.94. The predicted molar refractivity (Wildman–Crippen MR) is 127 cm³/mol. The SMILES string of the molecule is CC.CCC(C)c1cc(Nc2cccc(C(F)(F)F)c2)ncc1C(=O)NCc1ccc(F)cc1. The van der Waals surface area contributed by atoms with Crippen LogP contribution in [0, 0.1) is 5.82 Å². The zero-order valence-corrected chi connectivity index (χ0v) is 19.6. The molecule has 0 spiro atoms. The first kappa shape index (κ1) is 26.8. The highest BCUT2D eigenvalue weighted by molar-refractivity contribution is 5.95. The van der Waals surface area contributed by atoms with E-state index in [1.165, 1.54) is 30.5 Å². The summed E-state index contributed by atoms with van der Waals surface area (Å²) < 4.78 is 52.0. The largest absolute Gasteiger partial charge is 0.416 e. The molecule has 1 heterocycles. The van der Waals surface area contributed by atoms with Crippen LogP contribution in [-0.4, -0.2) is 10.9 Å². The van der Waals surface area contributed by atoms with Crippen LogP contribution in [0.25, 0.3) is 0 Å². The number of alkyl halides is 3. The Hall–Kier alpha value is -3.42. The first-order valence-electron chi connectivity index (χ1n) is 11.1. The molecule has 1 aromatic heterocycles. The minimum absolute atomic E-state index is 0.0200. The van der Waals surface area contributed by atoms with Gasteiger partial charge < -0.3 is 10.6 Å². The van der Waals surface area contributed by atoms with Crippen LogP contribution >= 0.6 is 0 Å². The number of pyridine rings is 1. The van der Waals surface area contributed by atoms with Gasteiger partial charge in [0.25, 0.3) is 5.91 Å². The van der Waals surface area contributed by atoms with Crippen molar-refractivity contribution in [3.63, 3.8) is 0 Å². The van der Waals surface area contributed by atoms with Gasteiger partial charge in [-0.05, 0) is 59.9 Å². The molecule has 0 aliphatic rings. The lowest BCUT2D eigenvalue weighted by Gasteiger charge is -2.17. The quantitative estimate of drug-likeness (QED) is 0.349. The predicted octanol–water partition coefficient (Wildman–Crippen LogP) is 7.45. The maximum Gasteiger partial charge on any atom is 0.416 e. The Labute approximate surface area is 197 Å². The molecule has 2 aromatic carbocycles. The minimum atomic E-state index is -4.44. The monoisotopic (exact) mass is 475 g/mol. The van der Waals surface area contributed by atoms with Crippen LogP contribution in [0.3, 0.4) is 0 Å². The van der Waals surface area contributed by atoms with Crippen molar-refractivity contribution in [2.75, 3.05) is 5.32 Å². The van der Waals surface area contributed by atoms with Crippen LogP contribution in [0.1, 0.15) is 67.1 Å². The zero-order valence-electron chi connectivity index (χ0n) is 19.6. The molecule has 0 aliphatic heterocycles. The van der Waals surface area contributed by atoms with Gasteiger partial charge in [0.2, 0.25) is 0 Å². The standard InChI is InChI=1S/C24H23F4N3O.C2H6/c1-3-15(2)20-12-22(31-19-6-4-5-17(11-19)24(26,27)28)29-14-21(20)23(32)30-13-16-7-9-18(25)10-8-16;1-2/h4-12,14-15H,3,13H2,1-2H3,(H,29,31)(H,30,32);1-2H3. The number of hydrogen-bond acceptors (Lipinski definition) is 3. The number of carbonyl (C=O) groups excluding carboxylic acids is 1. The summed E-state index contributed by atoms with van der Waals surface area (Å²) in [6, 6.07) is 12.3. The fraction of sp³-hybridized carbons (Fsp3) is 0.308. The molecule has 2 N–H and O–H groups in total. The van der Waals surface area contributed by atoms with E-state index in [0.717, 1.165) is 29.7 Å². The highest BCUT2D eigenvalue weighted by Gasteiger charge is 2.30. The third kappa shape index (κ3) is 7.30. The van der Waals surface area contributed by atoms with Gasteiger partial charge in [0.05, 0.1) is 11.1 Å². The summed E-state index contributed by atoms with van der Waals surface area (Å²) in [5, 5.41) is 5.69. The first-order chi connectivity index (χ1) is 16.2. The molecule has 1 unspecified atom stereocenters. The van der Waals surface area contributed by atoms with Crippen molar-refractivity contribution >= 4 is 17.4 Å². The average molecular weight is 476 g/mol. The normalized spacial score (nSPS) is 11.8. The number of hydrogen-bond donors (Lipinski definition) is 2. The maximum absolute atomic E-state index is 13.0. The van der Waals surface area contributed by atoms with Crippen molar-refractivity contribution < 1.29 is 22.4 Å². The lowest BCUT2D eigenvalue weighted by molar-refractivity contribution is -0.137. The van der Waals surface area contributed by atoms with E-state index >= 15 is 0 Å². The van der Waals surface area contributed by atoms with E-state index < -0.39 is 11.7 Å². The van der Waals surface area contributed by atoms with Crippen molar-refractivity contribution in [3.05, 3.63) is 88.9 Å². The number of carbonyl (C=O) groups is 1. The van der Waals surface area contributed by atoms with E-state index in [1.54, 1.807) is 18.2 Å². The summed E-state index contributed by atoms with van der Waals surface area (Å²) >= 11 is 0. The van der Waals surface area contributed by atoms with Gasteiger partial charge in [-0.1, -0.05) is 45.9 Å². The molecule has 182 valence electrons. The van der Waals surface area contributed by atoms with Gasteiger partial charge >= 0.3 is 6.18 Å². The molecule has 0 bridgehead atoms. The van der Waals surface area contributed by atoms with E-state index in [9.17, 15) is 22.4 Å². The number of nitrogens with one attached hydrogen (secondary N) is 2. The highest BCUT2D eigenvalue weighted by Crippen LogP contribution is 2.32. The number of aromatic nitrogens is 1. The van der Waals surface area contributed by atoms with Crippen LogP contribution in [0.5, 0.6) is 0 Å². The van der Waals surface area contributed by atoms with Gasteiger partial charge in [-0.2, -0.15) is 13.2 Å². The Balaban J connectivity index is 0.00000199.